The molecule has 0 saturated heterocycles. The zero-order valence-electron chi connectivity index (χ0n) is 11.8. The van der Waals surface area contributed by atoms with E-state index in [2.05, 4.69) is 6.92 Å². The number of alkyl halides is 1. The summed E-state index contributed by atoms with van der Waals surface area (Å²) in [6.45, 7) is 2.19. The minimum atomic E-state index is 0.00394. The van der Waals surface area contributed by atoms with Crippen LogP contribution in [-0.4, -0.2) is 9.13 Å². The molecule has 104 valence electrons. The summed E-state index contributed by atoms with van der Waals surface area (Å²) in [6.07, 6.45) is 4.56. The molecule has 4 heteroatoms. The van der Waals surface area contributed by atoms with Gasteiger partial charge in [0.15, 0.2) is 0 Å². The number of aromatic nitrogens is 2. The number of aryl methyl sites for hydroxylation is 2. The minimum Gasteiger partial charge on any atom is -0.295 e. The van der Waals surface area contributed by atoms with E-state index < -0.39 is 0 Å². The average Bonchev–Trinajstić information content (AvgIpc) is 2.64. The van der Waals surface area contributed by atoms with Crippen LogP contribution in [0.1, 0.15) is 43.5 Å². The Hall–Kier alpha value is -1.22. The molecular formula is C15H21ClN2O. The maximum Gasteiger partial charge on any atom is 0.328 e. The summed E-state index contributed by atoms with van der Waals surface area (Å²) < 4.78 is 3.34. The molecule has 0 aliphatic heterocycles. The highest BCUT2D eigenvalue weighted by Gasteiger charge is 2.12. The van der Waals surface area contributed by atoms with E-state index in [1.807, 2.05) is 18.2 Å². The highest BCUT2D eigenvalue weighted by atomic mass is 35.5. The van der Waals surface area contributed by atoms with E-state index in [-0.39, 0.29) is 11.1 Å². The molecule has 0 radical (unpaired) electrons. The van der Waals surface area contributed by atoms with Gasteiger partial charge in [-0.15, -0.1) is 11.6 Å². The maximum absolute atomic E-state index is 11.9. The summed E-state index contributed by atoms with van der Waals surface area (Å²) in [5.41, 5.74) is 3.01. The van der Waals surface area contributed by atoms with E-state index in [1.54, 1.807) is 23.2 Å². The van der Waals surface area contributed by atoms with Crippen LogP contribution in [0, 0.1) is 0 Å². The molecule has 0 aliphatic carbocycles. The van der Waals surface area contributed by atoms with Crippen molar-refractivity contribution in [1.29, 1.82) is 0 Å². The Labute approximate surface area is 118 Å². The third-order valence-corrected chi connectivity index (χ3v) is 4.19. The van der Waals surface area contributed by atoms with Gasteiger partial charge in [0.25, 0.3) is 0 Å². The third kappa shape index (κ3) is 2.71. The van der Waals surface area contributed by atoms with Gasteiger partial charge < -0.3 is 0 Å². The molecule has 1 atom stereocenters. The lowest BCUT2D eigenvalue weighted by Gasteiger charge is -2.10. The summed E-state index contributed by atoms with van der Waals surface area (Å²) in [5.74, 6) is 0. The van der Waals surface area contributed by atoms with Crippen molar-refractivity contribution in [3.8, 4) is 0 Å². The molecular weight excluding hydrogens is 260 g/mol. The fourth-order valence-corrected chi connectivity index (χ4v) is 2.75. The molecule has 0 amide bonds. The van der Waals surface area contributed by atoms with Gasteiger partial charge >= 0.3 is 5.69 Å². The molecule has 0 fully saturated rings. The van der Waals surface area contributed by atoms with Crippen molar-refractivity contribution in [2.45, 2.75) is 38.0 Å². The molecule has 0 saturated carbocycles. The Morgan fingerprint density at radius 2 is 1.84 bits per heavy atom. The van der Waals surface area contributed by atoms with Crippen LogP contribution in [0.25, 0.3) is 11.0 Å². The lowest BCUT2D eigenvalue weighted by Crippen LogP contribution is -2.19. The fourth-order valence-electron chi connectivity index (χ4n) is 2.46. The highest BCUT2D eigenvalue weighted by molar-refractivity contribution is 6.20. The Morgan fingerprint density at radius 1 is 1.16 bits per heavy atom. The van der Waals surface area contributed by atoms with E-state index in [0.717, 1.165) is 29.4 Å². The van der Waals surface area contributed by atoms with Gasteiger partial charge in [-0.05, 0) is 24.1 Å². The lowest BCUT2D eigenvalue weighted by atomic mass is 10.1. The van der Waals surface area contributed by atoms with Crippen LogP contribution in [-0.2, 0) is 14.1 Å². The number of rotatable bonds is 5. The summed E-state index contributed by atoms with van der Waals surface area (Å²) in [7, 11) is 3.60. The predicted molar refractivity (Wildman–Crippen MR) is 80.9 cm³/mol. The largest absolute Gasteiger partial charge is 0.328 e. The van der Waals surface area contributed by atoms with E-state index in [9.17, 15) is 4.79 Å². The van der Waals surface area contributed by atoms with E-state index in [0.29, 0.717) is 0 Å². The number of imidazole rings is 1. The molecule has 1 heterocycles. The second-order valence-corrected chi connectivity index (χ2v) is 5.64. The molecule has 0 N–H and O–H groups in total. The zero-order chi connectivity index (χ0) is 14.0. The quantitative estimate of drug-likeness (QED) is 0.605. The second kappa shape index (κ2) is 5.83. The molecule has 2 aromatic rings. The summed E-state index contributed by atoms with van der Waals surface area (Å²) in [6, 6.07) is 6.06. The van der Waals surface area contributed by atoms with Gasteiger partial charge in [-0.2, -0.15) is 0 Å². The molecule has 3 nitrogen and oxygen atoms in total. The highest BCUT2D eigenvalue weighted by Crippen LogP contribution is 2.28. The number of hydrogen-bond acceptors (Lipinski definition) is 1. The van der Waals surface area contributed by atoms with Crippen LogP contribution < -0.4 is 5.69 Å². The molecule has 1 aromatic heterocycles. The van der Waals surface area contributed by atoms with Crippen molar-refractivity contribution in [1.82, 2.24) is 9.13 Å². The molecule has 1 aromatic carbocycles. The molecule has 1 unspecified atom stereocenters. The van der Waals surface area contributed by atoms with Gasteiger partial charge in [0.2, 0.25) is 0 Å². The monoisotopic (exact) mass is 280 g/mol. The second-order valence-electron chi connectivity index (χ2n) is 5.11. The molecule has 0 aliphatic rings. The van der Waals surface area contributed by atoms with E-state index in [1.165, 1.54) is 12.8 Å². The molecule has 0 bridgehead atoms. The standard InChI is InChI=1S/C15H21ClN2O/c1-4-5-6-7-12(16)11-8-9-13-14(10-11)18(3)15(19)17(13)2/h8-10,12H,4-7H2,1-3H3. The number of hydrogen-bond donors (Lipinski definition) is 0. The number of halogens is 1. The molecule has 2 rings (SSSR count). The lowest BCUT2D eigenvalue weighted by molar-refractivity contribution is 0.655. The van der Waals surface area contributed by atoms with Gasteiger partial charge in [0, 0.05) is 14.1 Å². The summed E-state index contributed by atoms with van der Waals surface area (Å²) in [4.78, 5) is 11.9. The first-order valence-electron chi connectivity index (χ1n) is 6.85. The number of fused-ring (bicyclic) bond motifs is 1. The SMILES string of the molecule is CCCCCC(Cl)c1ccc2c(c1)n(C)c(=O)n2C. The van der Waals surface area contributed by atoms with Gasteiger partial charge in [-0.25, -0.2) is 4.79 Å². The predicted octanol–water partition coefficient (Wildman–Crippen LogP) is 3.74. The Balaban J connectivity index is 2.31. The maximum atomic E-state index is 11.9. The Bertz CT molecular complexity index is 627. The minimum absolute atomic E-state index is 0.00394. The Kier molecular flexibility index (Phi) is 4.35. The normalized spacial score (nSPS) is 13.1. The van der Waals surface area contributed by atoms with Crippen molar-refractivity contribution in [2.75, 3.05) is 0 Å². The Morgan fingerprint density at radius 3 is 2.53 bits per heavy atom. The number of unbranched alkanes of at least 4 members (excludes halogenated alkanes) is 2. The van der Waals surface area contributed by atoms with E-state index in [4.69, 9.17) is 11.6 Å². The van der Waals surface area contributed by atoms with Gasteiger partial charge in [0.1, 0.15) is 0 Å². The van der Waals surface area contributed by atoms with Gasteiger partial charge in [0.05, 0.1) is 16.4 Å². The zero-order valence-corrected chi connectivity index (χ0v) is 12.6. The van der Waals surface area contributed by atoms with Crippen LogP contribution in [0.3, 0.4) is 0 Å². The van der Waals surface area contributed by atoms with Crippen molar-refractivity contribution < 1.29 is 0 Å². The van der Waals surface area contributed by atoms with Crippen molar-refractivity contribution in [3.05, 3.63) is 34.2 Å². The molecule has 0 spiro atoms. The van der Waals surface area contributed by atoms with Crippen LogP contribution >= 0.6 is 11.6 Å². The third-order valence-electron chi connectivity index (χ3n) is 3.72. The molecule has 19 heavy (non-hydrogen) atoms. The van der Waals surface area contributed by atoms with E-state index >= 15 is 0 Å². The fraction of sp³-hybridized carbons (Fsp3) is 0.533. The van der Waals surface area contributed by atoms with Crippen molar-refractivity contribution in [2.24, 2.45) is 14.1 Å². The first-order valence-corrected chi connectivity index (χ1v) is 7.29. The van der Waals surface area contributed by atoms with Crippen molar-refractivity contribution >= 4 is 22.6 Å². The van der Waals surface area contributed by atoms with Crippen molar-refractivity contribution in [3.63, 3.8) is 0 Å². The van der Waals surface area contributed by atoms with Crippen LogP contribution in [0.4, 0.5) is 0 Å². The average molecular weight is 281 g/mol. The smallest absolute Gasteiger partial charge is 0.295 e. The number of nitrogens with zero attached hydrogens (tertiary/aromatic N) is 2. The van der Waals surface area contributed by atoms with Crippen LogP contribution in [0.2, 0.25) is 0 Å². The first-order chi connectivity index (χ1) is 9.06. The van der Waals surface area contributed by atoms with Crippen LogP contribution in [0.15, 0.2) is 23.0 Å². The first kappa shape index (κ1) is 14.2. The van der Waals surface area contributed by atoms with Crippen LogP contribution in [0.5, 0.6) is 0 Å². The summed E-state index contributed by atoms with van der Waals surface area (Å²) in [5, 5.41) is 0.0336. The number of benzene rings is 1. The summed E-state index contributed by atoms with van der Waals surface area (Å²) >= 11 is 6.45. The van der Waals surface area contributed by atoms with Gasteiger partial charge in [-0.3, -0.25) is 9.13 Å². The topological polar surface area (TPSA) is 26.9 Å². The van der Waals surface area contributed by atoms with Gasteiger partial charge in [-0.1, -0.05) is 32.3 Å².